The molecule has 1 heterocycles. The van der Waals surface area contributed by atoms with E-state index in [1.54, 1.807) is 39.8 Å². The molecule has 0 aliphatic carbocycles. The third-order valence-corrected chi connectivity index (χ3v) is 4.73. The lowest BCUT2D eigenvalue weighted by molar-refractivity contribution is -0.140. The van der Waals surface area contributed by atoms with E-state index in [1.165, 1.54) is 11.0 Å². The SMILES string of the molecule is CC(C)N1C(=O)C(=O)NC1=NC(=Nc1ccc(Cl)c(Cl)c1)NC(=O)C(C)(C)I. The van der Waals surface area contributed by atoms with Gasteiger partial charge < -0.3 is 0 Å². The molecule has 0 unspecified atom stereocenters. The first-order valence-electron chi connectivity index (χ1n) is 8.17. The molecule has 0 bridgehead atoms. The topological polar surface area (TPSA) is 103 Å². The molecule has 11 heteroatoms. The van der Waals surface area contributed by atoms with Gasteiger partial charge in [0, 0.05) is 6.04 Å². The van der Waals surface area contributed by atoms with Crippen LogP contribution in [0.15, 0.2) is 28.2 Å². The summed E-state index contributed by atoms with van der Waals surface area (Å²) in [5.74, 6) is -2.02. The number of nitrogens with zero attached hydrogens (tertiary/aromatic N) is 3. The van der Waals surface area contributed by atoms with Crippen molar-refractivity contribution in [2.24, 2.45) is 9.98 Å². The summed E-state index contributed by atoms with van der Waals surface area (Å²) in [6.07, 6.45) is 0. The van der Waals surface area contributed by atoms with Gasteiger partial charge in [0.05, 0.1) is 19.2 Å². The van der Waals surface area contributed by atoms with Crippen molar-refractivity contribution in [3.8, 4) is 0 Å². The second kappa shape index (κ2) is 8.75. The monoisotopic (exact) mass is 537 g/mol. The van der Waals surface area contributed by atoms with E-state index in [1.807, 2.05) is 22.6 Å². The Morgan fingerprint density at radius 2 is 1.89 bits per heavy atom. The van der Waals surface area contributed by atoms with Crippen molar-refractivity contribution < 1.29 is 14.4 Å². The third-order valence-electron chi connectivity index (χ3n) is 3.50. The molecule has 2 N–H and O–H groups in total. The highest BCUT2D eigenvalue weighted by atomic mass is 127. The lowest BCUT2D eigenvalue weighted by atomic mass is 10.2. The van der Waals surface area contributed by atoms with Crippen LogP contribution < -0.4 is 10.6 Å². The van der Waals surface area contributed by atoms with Crippen LogP contribution in [0.4, 0.5) is 5.69 Å². The van der Waals surface area contributed by atoms with Crippen molar-refractivity contribution in [1.82, 2.24) is 15.5 Å². The van der Waals surface area contributed by atoms with Gasteiger partial charge in [0.1, 0.15) is 0 Å². The van der Waals surface area contributed by atoms with Crippen LogP contribution in [0.3, 0.4) is 0 Å². The Kier molecular flexibility index (Phi) is 7.05. The predicted octanol–water partition coefficient (Wildman–Crippen LogP) is 3.03. The van der Waals surface area contributed by atoms with Crippen molar-refractivity contribution in [2.75, 3.05) is 0 Å². The lowest BCUT2D eigenvalue weighted by Gasteiger charge is -2.20. The van der Waals surface area contributed by atoms with E-state index in [-0.39, 0.29) is 28.9 Å². The number of nitrogens with one attached hydrogen (secondary N) is 2. The number of carbonyl (C=O) groups is 3. The first-order chi connectivity index (χ1) is 12.9. The van der Waals surface area contributed by atoms with Crippen LogP contribution >= 0.6 is 45.8 Å². The second-order valence-corrected chi connectivity index (χ2v) is 10.1. The summed E-state index contributed by atoms with van der Waals surface area (Å²) in [6.45, 7) is 6.90. The summed E-state index contributed by atoms with van der Waals surface area (Å²) in [4.78, 5) is 45.9. The minimum Gasteiger partial charge on any atom is -0.293 e. The molecular weight excluding hydrogens is 520 g/mol. The average Bonchev–Trinajstić information content (AvgIpc) is 2.84. The minimum atomic E-state index is -0.804. The number of alkyl halides is 1. The number of benzene rings is 1. The van der Waals surface area contributed by atoms with E-state index in [9.17, 15) is 14.4 Å². The smallest absolute Gasteiger partial charge is 0.293 e. The average molecular weight is 538 g/mol. The summed E-state index contributed by atoms with van der Waals surface area (Å²) in [5.41, 5.74) is 0.382. The highest BCUT2D eigenvalue weighted by Crippen LogP contribution is 2.27. The number of hydrogen-bond acceptors (Lipinski definition) is 4. The number of hydrogen-bond donors (Lipinski definition) is 2. The van der Waals surface area contributed by atoms with Crippen LogP contribution in [0.5, 0.6) is 0 Å². The van der Waals surface area contributed by atoms with Gasteiger partial charge >= 0.3 is 11.8 Å². The van der Waals surface area contributed by atoms with Crippen molar-refractivity contribution in [1.29, 1.82) is 0 Å². The molecule has 1 fully saturated rings. The first-order valence-corrected chi connectivity index (χ1v) is 10.0. The van der Waals surface area contributed by atoms with Crippen molar-refractivity contribution in [3.63, 3.8) is 0 Å². The van der Waals surface area contributed by atoms with E-state index < -0.39 is 15.2 Å². The molecule has 1 aliphatic rings. The molecule has 0 radical (unpaired) electrons. The number of guanidine groups is 2. The summed E-state index contributed by atoms with van der Waals surface area (Å²) in [5, 5.41) is 5.63. The molecule has 8 nitrogen and oxygen atoms in total. The maximum Gasteiger partial charge on any atom is 0.319 e. The predicted molar refractivity (Wildman–Crippen MR) is 117 cm³/mol. The van der Waals surface area contributed by atoms with Gasteiger partial charge in [-0.2, -0.15) is 4.99 Å². The van der Waals surface area contributed by atoms with Gasteiger partial charge in [-0.1, -0.05) is 45.8 Å². The summed E-state index contributed by atoms with van der Waals surface area (Å²) >= 11 is 13.9. The summed E-state index contributed by atoms with van der Waals surface area (Å²) < 4.78 is -0.747. The molecular formula is C17H18Cl2IN5O3. The van der Waals surface area contributed by atoms with Gasteiger partial charge in [0.15, 0.2) is 0 Å². The van der Waals surface area contributed by atoms with Crippen molar-refractivity contribution >= 4 is 81.1 Å². The van der Waals surface area contributed by atoms with E-state index in [0.29, 0.717) is 10.7 Å². The highest BCUT2D eigenvalue weighted by molar-refractivity contribution is 14.1. The molecule has 2 rings (SSSR count). The van der Waals surface area contributed by atoms with Gasteiger partial charge in [-0.15, -0.1) is 0 Å². The molecule has 150 valence electrons. The summed E-state index contributed by atoms with van der Waals surface area (Å²) in [6, 6.07) is 4.32. The molecule has 28 heavy (non-hydrogen) atoms. The van der Waals surface area contributed by atoms with Gasteiger partial charge in [0.25, 0.3) is 0 Å². The Hall–Kier alpha value is -1.72. The molecule has 1 aliphatic heterocycles. The molecule has 3 amide bonds. The molecule has 0 aromatic heterocycles. The van der Waals surface area contributed by atoms with Gasteiger partial charge in [-0.05, 0) is 45.9 Å². The molecule has 0 spiro atoms. The zero-order chi connectivity index (χ0) is 21.2. The van der Waals surface area contributed by atoms with Crippen LogP contribution in [-0.2, 0) is 14.4 Å². The first kappa shape index (κ1) is 22.6. The fraction of sp³-hybridized carbons (Fsp3) is 0.353. The second-order valence-electron chi connectivity index (χ2n) is 6.62. The van der Waals surface area contributed by atoms with Crippen molar-refractivity contribution in [2.45, 2.75) is 37.2 Å². The van der Waals surface area contributed by atoms with Crippen LogP contribution in [0.25, 0.3) is 0 Å². The van der Waals surface area contributed by atoms with Crippen LogP contribution in [0, 0.1) is 0 Å². The van der Waals surface area contributed by atoms with Gasteiger partial charge in [0.2, 0.25) is 17.8 Å². The maximum absolute atomic E-state index is 12.4. The van der Waals surface area contributed by atoms with E-state index in [4.69, 9.17) is 23.2 Å². The fourth-order valence-corrected chi connectivity index (χ4v) is 2.52. The number of carbonyl (C=O) groups excluding carboxylic acids is 3. The Balaban J connectivity index is 2.50. The number of amides is 3. The third kappa shape index (κ3) is 5.42. The zero-order valence-electron chi connectivity index (χ0n) is 15.5. The zero-order valence-corrected chi connectivity index (χ0v) is 19.2. The number of aliphatic imine (C=N–C) groups is 2. The van der Waals surface area contributed by atoms with Crippen LogP contribution in [0.2, 0.25) is 10.0 Å². The summed E-state index contributed by atoms with van der Waals surface area (Å²) in [7, 11) is 0. The maximum atomic E-state index is 12.4. The Bertz CT molecular complexity index is 893. The number of rotatable bonds is 3. The quantitative estimate of drug-likeness (QED) is 0.204. The Morgan fingerprint density at radius 1 is 1.25 bits per heavy atom. The van der Waals surface area contributed by atoms with E-state index in [0.717, 1.165) is 0 Å². The van der Waals surface area contributed by atoms with E-state index in [2.05, 4.69) is 20.6 Å². The normalized spacial score (nSPS) is 16.8. The van der Waals surface area contributed by atoms with Gasteiger partial charge in [-0.25, -0.2) is 4.99 Å². The molecule has 1 aromatic carbocycles. The van der Waals surface area contributed by atoms with Crippen molar-refractivity contribution in [3.05, 3.63) is 28.2 Å². The Labute approximate surface area is 185 Å². The van der Waals surface area contributed by atoms with Gasteiger partial charge in [-0.3, -0.25) is 29.9 Å². The minimum absolute atomic E-state index is 0.0182. The lowest BCUT2D eigenvalue weighted by Crippen LogP contribution is -2.43. The molecule has 1 aromatic rings. The van der Waals surface area contributed by atoms with Crippen LogP contribution in [0.1, 0.15) is 27.7 Å². The molecule has 1 saturated heterocycles. The standard InChI is InChI=1S/C17H18Cl2IN5O3/c1-8(2)25-13(27)12(26)22-16(25)24-15(23-14(28)17(3,4)20)21-9-5-6-10(18)11(19)7-9/h5-8H,1-4H3,(H2,21,22,23,24,26,28). The number of halogens is 3. The highest BCUT2D eigenvalue weighted by Gasteiger charge is 2.37. The molecule has 0 atom stereocenters. The Morgan fingerprint density at radius 3 is 2.43 bits per heavy atom. The van der Waals surface area contributed by atoms with E-state index >= 15 is 0 Å². The fourth-order valence-electron chi connectivity index (χ4n) is 2.09. The molecule has 0 saturated carbocycles. The van der Waals surface area contributed by atoms with Crippen LogP contribution in [-0.4, -0.2) is 44.0 Å². The largest absolute Gasteiger partial charge is 0.319 e.